The summed E-state index contributed by atoms with van der Waals surface area (Å²) in [4.78, 5) is 25.6. The standard InChI is InChI=1S/C11H8FNO4S2/c12-5-1-2-7-6(3-5)13-11(18-7)19-8(10(16)17)4-9(14)15/h1-3,8H,4H2,(H,14,15)(H,16,17). The average molecular weight is 301 g/mol. The highest BCUT2D eigenvalue weighted by Crippen LogP contribution is 2.33. The van der Waals surface area contributed by atoms with Gasteiger partial charge in [-0.15, -0.1) is 11.3 Å². The van der Waals surface area contributed by atoms with Crippen molar-refractivity contribution in [3.63, 3.8) is 0 Å². The van der Waals surface area contributed by atoms with E-state index in [0.717, 1.165) is 16.5 Å². The van der Waals surface area contributed by atoms with E-state index >= 15 is 0 Å². The zero-order valence-electron chi connectivity index (χ0n) is 9.37. The van der Waals surface area contributed by atoms with E-state index in [1.54, 1.807) is 6.07 Å². The number of carbonyl (C=O) groups is 2. The highest BCUT2D eigenvalue weighted by molar-refractivity contribution is 8.02. The molecule has 0 bridgehead atoms. The van der Waals surface area contributed by atoms with Gasteiger partial charge in [-0.1, -0.05) is 11.8 Å². The lowest BCUT2D eigenvalue weighted by Gasteiger charge is -2.06. The topological polar surface area (TPSA) is 87.5 Å². The first-order valence-corrected chi connectivity index (χ1v) is 6.82. The van der Waals surface area contributed by atoms with Gasteiger partial charge in [0, 0.05) is 6.07 Å². The lowest BCUT2D eigenvalue weighted by molar-refractivity contribution is -0.142. The van der Waals surface area contributed by atoms with Crippen LogP contribution in [0.1, 0.15) is 6.42 Å². The Bertz CT molecular complexity index is 643. The maximum Gasteiger partial charge on any atom is 0.317 e. The molecule has 0 aliphatic heterocycles. The number of hydrogen-bond donors (Lipinski definition) is 2. The fraction of sp³-hybridized carbons (Fsp3) is 0.182. The van der Waals surface area contributed by atoms with E-state index in [2.05, 4.69) is 4.98 Å². The number of aliphatic carboxylic acids is 2. The Labute approximate surface area is 115 Å². The van der Waals surface area contributed by atoms with Gasteiger partial charge in [-0.3, -0.25) is 9.59 Å². The van der Waals surface area contributed by atoms with Gasteiger partial charge in [-0.2, -0.15) is 0 Å². The number of aromatic nitrogens is 1. The first-order valence-electron chi connectivity index (χ1n) is 5.13. The lowest BCUT2D eigenvalue weighted by atomic mass is 10.3. The van der Waals surface area contributed by atoms with Crippen molar-refractivity contribution in [2.24, 2.45) is 0 Å². The smallest absolute Gasteiger partial charge is 0.317 e. The Morgan fingerprint density at radius 1 is 1.42 bits per heavy atom. The maximum atomic E-state index is 13.0. The third-order valence-corrected chi connectivity index (χ3v) is 4.52. The second kappa shape index (κ2) is 5.54. The molecule has 5 nitrogen and oxygen atoms in total. The summed E-state index contributed by atoms with van der Waals surface area (Å²) >= 11 is 2.07. The van der Waals surface area contributed by atoms with Crippen LogP contribution in [0.4, 0.5) is 4.39 Å². The number of thioether (sulfide) groups is 1. The minimum atomic E-state index is -1.21. The van der Waals surface area contributed by atoms with Crippen molar-refractivity contribution in [2.75, 3.05) is 0 Å². The van der Waals surface area contributed by atoms with Crippen LogP contribution in [0.25, 0.3) is 10.2 Å². The van der Waals surface area contributed by atoms with Crippen molar-refractivity contribution in [3.05, 3.63) is 24.0 Å². The van der Waals surface area contributed by atoms with Gasteiger partial charge in [0.15, 0.2) is 4.34 Å². The summed E-state index contributed by atoms with van der Waals surface area (Å²) < 4.78 is 14.1. The number of fused-ring (bicyclic) bond motifs is 1. The molecule has 0 spiro atoms. The van der Waals surface area contributed by atoms with Gasteiger partial charge < -0.3 is 10.2 Å². The molecule has 19 heavy (non-hydrogen) atoms. The van der Waals surface area contributed by atoms with Gasteiger partial charge in [-0.05, 0) is 12.1 Å². The number of halogens is 1. The van der Waals surface area contributed by atoms with Crippen LogP contribution < -0.4 is 0 Å². The largest absolute Gasteiger partial charge is 0.481 e. The molecule has 0 aliphatic carbocycles. The minimum Gasteiger partial charge on any atom is -0.481 e. The summed E-state index contributed by atoms with van der Waals surface area (Å²) in [6.07, 6.45) is -0.496. The highest BCUT2D eigenvalue weighted by atomic mass is 32.2. The molecule has 8 heteroatoms. The average Bonchev–Trinajstić information content (AvgIpc) is 2.68. The van der Waals surface area contributed by atoms with Crippen molar-refractivity contribution in [1.29, 1.82) is 0 Å². The number of hydrogen-bond acceptors (Lipinski definition) is 5. The molecule has 0 fully saturated rings. The van der Waals surface area contributed by atoms with Crippen molar-refractivity contribution < 1.29 is 24.2 Å². The van der Waals surface area contributed by atoms with E-state index in [9.17, 15) is 14.0 Å². The monoisotopic (exact) mass is 301 g/mol. The Morgan fingerprint density at radius 2 is 2.16 bits per heavy atom. The zero-order valence-corrected chi connectivity index (χ0v) is 11.0. The van der Waals surface area contributed by atoms with Crippen molar-refractivity contribution in [2.45, 2.75) is 16.0 Å². The Hall–Kier alpha value is -1.67. The molecule has 1 aromatic heterocycles. The number of rotatable bonds is 5. The first kappa shape index (κ1) is 13.8. The molecule has 0 amide bonds. The summed E-state index contributed by atoms with van der Waals surface area (Å²) in [6, 6.07) is 4.10. The third kappa shape index (κ3) is 3.42. The minimum absolute atomic E-state index is 0.411. The van der Waals surface area contributed by atoms with E-state index in [0.29, 0.717) is 9.86 Å². The molecule has 0 aliphatic rings. The van der Waals surface area contributed by atoms with Crippen LogP contribution in [0.2, 0.25) is 0 Å². The molecule has 1 atom stereocenters. The van der Waals surface area contributed by atoms with E-state index in [4.69, 9.17) is 10.2 Å². The van der Waals surface area contributed by atoms with E-state index in [1.807, 2.05) is 0 Å². The fourth-order valence-corrected chi connectivity index (χ4v) is 3.60. The molecule has 1 heterocycles. The number of carboxylic acid groups (broad SMARTS) is 2. The maximum absolute atomic E-state index is 13.0. The van der Waals surface area contributed by atoms with E-state index in [1.165, 1.54) is 23.5 Å². The van der Waals surface area contributed by atoms with Crippen molar-refractivity contribution in [3.8, 4) is 0 Å². The zero-order chi connectivity index (χ0) is 14.0. The van der Waals surface area contributed by atoms with Crippen LogP contribution in [0.15, 0.2) is 22.5 Å². The van der Waals surface area contributed by atoms with E-state index in [-0.39, 0.29) is 0 Å². The molecule has 0 saturated carbocycles. The lowest BCUT2D eigenvalue weighted by Crippen LogP contribution is -2.20. The molecule has 0 saturated heterocycles. The second-order valence-electron chi connectivity index (χ2n) is 3.63. The SMILES string of the molecule is O=C(O)CC(Sc1nc2cc(F)ccc2s1)C(=O)O. The molecule has 2 rings (SSSR count). The van der Waals surface area contributed by atoms with Gasteiger partial charge in [0.2, 0.25) is 0 Å². The highest BCUT2D eigenvalue weighted by Gasteiger charge is 2.24. The Balaban J connectivity index is 2.23. The summed E-state index contributed by atoms with van der Waals surface area (Å²) in [5, 5.41) is 16.5. The summed E-state index contributed by atoms with van der Waals surface area (Å²) in [6.45, 7) is 0. The van der Waals surface area contributed by atoms with Gasteiger partial charge in [-0.25, -0.2) is 9.37 Å². The summed E-state index contributed by atoms with van der Waals surface area (Å²) in [5.74, 6) is -2.82. The Morgan fingerprint density at radius 3 is 2.79 bits per heavy atom. The number of thiazole rings is 1. The predicted octanol–water partition coefficient (Wildman–Crippen LogP) is 2.46. The first-order chi connectivity index (χ1) is 8.95. The van der Waals surface area contributed by atoms with Gasteiger partial charge in [0.1, 0.15) is 11.1 Å². The third-order valence-electron chi connectivity index (χ3n) is 2.21. The molecule has 2 aromatic rings. The second-order valence-corrected chi connectivity index (χ2v) is 6.11. The predicted molar refractivity (Wildman–Crippen MR) is 69.1 cm³/mol. The molecule has 100 valence electrons. The quantitative estimate of drug-likeness (QED) is 0.825. The van der Waals surface area contributed by atoms with Crippen LogP contribution in [-0.4, -0.2) is 32.4 Å². The van der Waals surface area contributed by atoms with Crippen LogP contribution in [0, 0.1) is 5.82 Å². The normalized spacial score (nSPS) is 12.5. The molecule has 1 unspecified atom stereocenters. The van der Waals surface area contributed by atoms with Crippen LogP contribution in [0.5, 0.6) is 0 Å². The molecule has 2 N–H and O–H groups in total. The number of carboxylic acids is 2. The summed E-state index contributed by atoms with van der Waals surface area (Å²) in [7, 11) is 0. The van der Waals surface area contributed by atoms with Crippen LogP contribution >= 0.6 is 23.1 Å². The van der Waals surface area contributed by atoms with Gasteiger partial charge >= 0.3 is 11.9 Å². The summed E-state index contributed by atoms with van der Waals surface area (Å²) in [5.41, 5.74) is 0.437. The van der Waals surface area contributed by atoms with Crippen molar-refractivity contribution in [1.82, 2.24) is 4.98 Å². The van der Waals surface area contributed by atoms with Crippen LogP contribution in [0.3, 0.4) is 0 Å². The van der Waals surface area contributed by atoms with E-state index < -0.39 is 29.4 Å². The molecular weight excluding hydrogens is 293 g/mol. The Kier molecular flexibility index (Phi) is 4.01. The van der Waals surface area contributed by atoms with Crippen molar-refractivity contribution >= 4 is 45.3 Å². The fourth-order valence-electron chi connectivity index (χ4n) is 1.39. The molecular formula is C11H8FNO4S2. The molecule has 0 radical (unpaired) electrons. The molecule has 1 aromatic carbocycles. The number of benzene rings is 1. The van der Waals surface area contributed by atoms with Gasteiger partial charge in [0.05, 0.1) is 16.6 Å². The van der Waals surface area contributed by atoms with Gasteiger partial charge in [0.25, 0.3) is 0 Å². The number of nitrogens with zero attached hydrogens (tertiary/aromatic N) is 1. The van der Waals surface area contributed by atoms with Crippen LogP contribution in [-0.2, 0) is 9.59 Å².